The van der Waals surface area contributed by atoms with Crippen LogP contribution in [0.2, 0.25) is 0 Å². The number of amides is 2. The molecule has 144 valence electrons. The maximum absolute atomic E-state index is 12.0. The number of carbonyl (C=O) groups is 1. The molecule has 2 aliphatic heterocycles. The number of benzene rings is 1. The van der Waals surface area contributed by atoms with Crippen molar-refractivity contribution in [1.29, 1.82) is 0 Å². The van der Waals surface area contributed by atoms with E-state index in [9.17, 15) is 4.79 Å². The van der Waals surface area contributed by atoms with E-state index in [-0.39, 0.29) is 6.03 Å². The van der Waals surface area contributed by atoms with Gasteiger partial charge in [-0.3, -0.25) is 5.32 Å². The molecule has 7 nitrogen and oxygen atoms in total. The highest BCUT2D eigenvalue weighted by Gasteiger charge is 2.17. The smallest absolute Gasteiger partial charge is 0.323 e. The summed E-state index contributed by atoms with van der Waals surface area (Å²) in [4.78, 5) is 18.3. The molecule has 2 aromatic rings. The molecule has 2 amide bonds. The van der Waals surface area contributed by atoms with Crippen molar-refractivity contribution in [2.75, 3.05) is 51.8 Å². The van der Waals surface area contributed by atoms with Crippen LogP contribution in [0, 0.1) is 0 Å². The van der Waals surface area contributed by atoms with E-state index < -0.39 is 0 Å². The standard InChI is InChI=1S/C13H15N3OS.C4H9NO.CH4O/c17-13(16-8-4-1-5-9-16)15-12-14-10-6-2-3-7-11(10)18-12;1-3-6-4-2-5-1;1-2/h2-3,6-7H,1,4-5,8-9H2,(H,14,15,17);5H,1-4H2;2H,1H3. The highest BCUT2D eigenvalue weighted by Crippen LogP contribution is 2.25. The lowest BCUT2D eigenvalue weighted by atomic mass is 10.1. The van der Waals surface area contributed by atoms with Crippen molar-refractivity contribution >= 4 is 32.7 Å². The molecule has 8 heteroatoms. The van der Waals surface area contributed by atoms with Crippen molar-refractivity contribution in [2.45, 2.75) is 19.3 Å². The van der Waals surface area contributed by atoms with Gasteiger partial charge in [-0.2, -0.15) is 0 Å². The van der Waals surface area contributed by atoms with Gasteiger partial charge in [0.15, 0.2) is 5.13 Å². The molecule has 2 aliphatic rings. The first-order valence-corrected chi connectivity index (χ1v) is 9.79. The fourth-order valence-corrected chi connectivity index (χ4v) is 3.56. The van der Waals surface area contributed by atoms with Gasteiger partial charge in [0.1, 0.15) is 0 Å². The number of morpholine rings is 1. The molecular weight excluding hydrogens is 352 g/mol. The van der Waals surface area contributed by atoms with Crippen LogP contribution in [0.5, 0.6) is 0 Å². The molecular formula is C18H28N4O3S. The summed E-state index contributed by atoms with van der Waals surface area (Å²) in [6.07, 6.45) is 3.44. The Balaban J connectivity index is 0.000000256. The molecule has 2 saturated heterocycles. The second-order valence-corrected chi connectivity index (χ2v) is 6.86. The Bertz CT molecular complexity index is 610. The van der Waals surface area contributed by atoms with Crippen LogP contribution in [-0.2, 0) is 4.74 Å². The van der Waals surface area contributed by atoms with E-state index in [0.717, 1.165) is 69.6 Å². The quantitative estimate of drug-likeness (QED) is 0.708. The van der Waals surface area contributed by atoms with Gasteiger partial charge in [0, 0.05) is 33.3 Å². The van der Waals surface area contributed by atoms with Crippen LogP contribution in [-0.4, -0.2) is 67.5 Å². The number of urea groups is 1. The normalized spacial score (nSPS) is 16.8. The average Bonchev–Trinajstić information content (AvgIpc) is 3.14. The monoisotopic (exact) mass is 380 g/mol. The van der Waals surface area contributed by atoms with Crippen molar-refractivity contribution in [3.05, 3.63) is 24.3 Å². The molecule has 4 rings (SSSR count). The van der Waals surface area contributed by atoms with E-state index in [0.29, 0.717) is 5.13 Å². The van der Waals surface area contributed by atoms with Gasteiger partial charge in [0.25, 0.3) is 0 Å². The summed E-state index contributed by atoms with van der Waals surface area (Å²) in [5.74, 6) is 0. The summed E-state index contributed by atoms with van der Waals surface area (Å²) in [5.41, 5.74) is 0.941. The molecule has 0 atom stereocenters. The Morgan fingerprint density at radius 1 is 1.19 bits per heavy atom. The minimum absolute atomic E-state index is 0.0197. The Hall–Kier alpha value is -1.74. The van der Waals surface area contributed by atoms with Gasteiger partial charge in [-0.1, -0.05) is 23.5 Å². The largest absolute Gasteiger partial charge is 0.400 e. The van der Waals surface area contributed by atoms with Gasteiger partial charge in [-0.05, 0) is 31.4 Å². The fraction of sp³-hybridized carbons (Fsp3) is 0.556. The van der Waals surface area contributed by atoms with Gasteiger partial charge < -0.3 is 20.1 Å². The summed E-state index contributed by atoms with van der Waals surface area (Å²) >= 11 is 1.52. The van der Waals surface area contributed by atoms with Crippen molar-refractivity contribution < 1.29 is 14.6 Å². The molecule has 0 spiro atoms. The second kappa shape index (κ2) is 11.8. The SMILES string of the molecule is C1COCCN1.CO.O=C(Nc1nc2ccccc2s1)N1CCCCC1. The number of rotatable bonds is 1. The number of para-hydroxylation sites is 1. The number of hydrogen-bond donors (Lipinski definition) is 3. The molecule has 0 aliphatic carbocycles. The summed E-state index contributed by atoms with van der Waals surface area (Å²) in [5, 5.41) is 13.7. The number of anilines is 1. The second-order valence-electron chi connectivity index (χ2n) is 5.83. The van der Waals surface area contributed by atoms with E-state index in [2.05, 4.69) is 15.6 Å². The lowest BCUT2D eigenvalue weighted by Crippen LogP contribution is -2.38. The van der Waals surface area contributed by atoms with Crippen LogP contribution in [0.4, 0.5) is 9.93 Å². The van der Waals surface area contributed by atoms with Crippen molar-refractivity contribution in [3.8, 4) is 0 Å². The number of hydrogen-bond acceptors (Lipinski definition) is 6. The van der Waals surface area contributed by atoms with Gasteiger partial charge in [-0.25, -0.2) is 9.78 Å². The molecule has 1 aromatic heterocycles. The number of nitrogens with one attached hydrogen (secondary N) is 2. The third kappa shape index (κ3) is 6.53. The first-order valence-electron chi connectivity index (χ1n) is 8.97. The number of nitrogens with zero attached hydrogens (tertiary/aromatic N) is 2. The third-order valence-corrected chi connectivity index (χ3v) is 4.95. The lowest BCUT2D eigenvalue weighted by Gasteiger charge is -2.26. The predicted molar refractivity (Wildman–Crippen MR) is 106 cm³/mol. The van der Waals surface area contributed by atoms with Crippen LogP contribution < -0.4 is 10.6 Å². The molecule has 1 aromatic carbocycles. The van der Waals surface area contributed by atoms with Gasteiger partial charge in [0.05, 0.1) is 23.4 Å². The Morgan fingerprint density at radius 3 is 2.46 bits per heavy atom. The topological polar surface area (TPSA) is 86.7 Å². The molecule has 0 saturated carbocycles. The van der Waals surface area contributed by atoms with Crippen LogP contribution >= 0.6 is 11.3 Å². The van der Waals surface area contributed by atoms with Crippen LogP contribution in [0.1, 0.15) is 19.3 Å². The highest BCUT2D eigenvalue weighted by molar-refractivity contribution is 7.22. The Kier molecular flexibility index (Phi) is 9.33. The number of aliphatic hydroxyl groups is 1. The summed E-state index contributed by atoms with van der Waals surface area (Å²) in [6.45, 7) is 5.55. The van der Waals surface area contributed by atoms with Crippen molar-refractivity contribution in [3.63, 3.8) is 0 Å². The molecule has 0 radical (unpaired) electrons. The zero-order valence-corrected chi connectivity index (χ0v) is 16.1. The number of ether oxygens (including phenoxy) is 1. The molecule has 3 N–H and O–H groups in total. The third-order valence-electron chi connectivity index (χ3n) is 4.00. The maximum Gasteiger partial charge on any atom is 0.323 e. The average molecular weight is 381 g/mol. The molecule has 26 heavy (non-hydrogen) atoms. The van der Waals surface area contributed by atoms with E-state index in [1.807, 2.05) is 29.2 Å². The maximum atomic E-state index is 12.0. The molecule has 0 bridgehead atoms. The number of likely N-dealkylation sites (tertiary alicyclic amines) is 1. The molecule has 3 heterocycles. The van der Waals surface area contributed by atoms with Gasteiger partial charge in [-0.15, -0.1) is 0 Å². The van der Waals surface area contributed by atoms with Crippen LogP contribution in [0.3, 0.4) is 0 Å². The lowest BCUT2D eigenvalue weighted by molar-refractivity contribution is 0.109. The van der Waals surface area contributed by atoms with Crippen molar-refractivity contribution in [1.82, 2.24) is 15.2 Å². The number of piperidine rings is 1. The van der Waals surface area contributed by atoms with Crippen LogP contribution in [0.15, 0.2) is 24.3 Å². The number of thiazole rings is 1. The first-order chi connectivity index (χ1) is 12.8. The number of carbonyl (C=O) groups excluding carboxylic acids is 1. The van der Waals surface area contributed by atoms with E-state index in [1.165, 1.54) is 17.8 Å². The highest BCUT2D eigenvalue weighted by atomic mass is 32.1. The summed E-state index contributed by atoms with van der Waals surface area (Å²) in [7, 11) is 1.00. The summed E-state index contributed by atoms with van der Waals surface area (Å²) in [6, 6.07) is 7.90. The fourth-order valence-electron chi connectivity index (χ4n) is 2.71. The van der Waals surface area contributed by atoms with E-state index in [1.54, 1.807) is 0 Å². The van der Waals surface area contributed by atoms with Gasteiger partial charge in [0.2, 0.25) is 0 Å². The minimum Gasteiger partial charge on any atom is -0.400 e. The predicted octanol–water partition coefficient (Wildman–Crippen LogP) is 2.53. The number of aliphatic hydroxyl groups excluding tert-OH is 1. The molecule has 0 unspecified atom stereocenters. The Morgan fingerprint density at radius 2 is 1.88 bits per heavy atom. The van der Waals surface area contributed by atoms with E-state index in [4.69, 9.17) is 9.84 Å². The van der Waals surface area contributed by atoms with Crippen molar-refractivity contribution in [2.24, 2.45) is 0 Å². The zero-order chi connectivity index (χ0) is 18.6. The zero-order valence-electron chi connectivity index (χ0n) is 15.2. The minimum atomic E-state index is -0.0197. The van der Waals surface area contributed by atoms with E-state index >= 15 is 0 Å². The molecule has 2 fully saturated rings. The first kappa shape index (κ1) is 20.6. The van der Waals surface area contributed by atoms with Crippen LogP contribution in [0.25, 0.3) is 10.2 Å². The number of fused-ring (bicyclic) bond motifs is 1. The van der Waals surface area contributed by atoms with Gasteiger partial charge >= 0.3 is 6.03 Å². The Labute approximate surface area is 158 Å². The number of aromatic nitrogens is 1. The summed E-state index contributed by atoms with van der Waals surface area (Å²) < 4.78 is 6.11.